The molecule has 0 aromatic carbocycles. The molecule has 1 aliphatic carbocycles. The third-order valence-electron chi connectivity index (χ3n) is 2.33. The second kappa shape index (κ2) is 4.89. The summed E-state index contributed by atoms with van der Waals surface area (Å²) in [4.78, 5) is 22.5. The molecule has 2 atom stereocenters. The Morgan fingerprint density at radius 1 is 1.47 bits per heavy atom. The lowest BCUT2D eigenvalue weighted by Crippen LogP contribution is -2.33. The van der Waals surface area contributed by atoms with Crippen LogP contribution in [0, 0.1) is 5.92 Å². The van der Waals surface area contributed by atoms with E-state index in [-0.39, 0.29) is 11.4 Å². The van der Waals surface area contributed by atoms with E-state index >= 15 is 0 Å². The Bertz CT molecular complexity index is 327. The van der Waals surface area contributed by atoms with Crippen molar-refractivity contribution in [2.75, 3.05) is 0 Å². The monoisotopic (exact) mass is 210 g/mol. The van der Waals surface area contributed by atoms with Crippen LogP contribution in [0.2, 0.25) is 0 Å². The van der Waals surface area contributed by atoms with Crippen molar-refractivity contribution in [3.63, 3.8) is 0 Å². The van der Waals surface area contributed by atoms with Crippen LogP contribution in [0.5, 0.6) is 0 Å². The van der Waals surface area contributed by atoms with Gasteiger partial charge in [-0.15, -0.1) is 0 Å². The minimum atomic E-state index is -1.16. The number of carboxylic acids is 1. The van der Waals surface area contributed by atoms with Gasteiger partial charge in [-0.25, -0.2) is 0 Å². The molecular weight excluding hydrogens is 196 g/mol. The smallest absolute Gasteiger partial charge is 0.314 e. The molecule has 0 saturated heterocycles. The lowest BCUT2D eigenvalue weighted by Gasteiger charge is -2.21. The van der Waals surface area contributed by atoms with Gasteiger partial charge in [0.1, 0.15) is 5.92 Å². The van der Waals surface area contributed by atoms with E-state index < -0.39 is 18.0 Å². The Hall–Kier alpha value is -1.42. The number of carbonyl (C=O) groups excluding carboxylic acids is 1. The molecule has 0 radical (unpaired) electrons. The molecule has 0 bridgehead atoms. The summed E-state index contributed by atoms with van der Waals surface area (Å²) in [6.45, 7) is 1.85. The van der Waals surface area contributed by atoms with Crippen molar-refractivity contribution in [1.29, 1.82) is 0 Å². The first-order valence-corrected chi connectivity index (χ1v) is 4.90. The van der Waals surface area contributed by atoms with Gasteiger partial charge in [0.15, 0.2) is 5.78 Å². The fourth-order valence-corrected chi connectivity index (χ4v) is 1.59. The van der Waals surface area contributed by atoms with Gasteiger partial charge in [-0.05, 0) is 6.42 Å². The highest BCUT2D eigenvalue weighted by Crippen LogP contribution is 2.23. The van der Waals surface area contributed by atoms with Gasteiger partial charge < -0.3 is 10.2 Å². The highest BCUT2D eigenvalue weighted by atomic mass is 16.4. The normalized spacial score (nSPS) is 24.8. The van der Waals surface area contributed by atoms with Crippen molar-refractivity contribution < 1.29 is 19.8 Å². The predicted octanol–water partition coefficient (Wildman–Crippen LogP) is 0.913. The van der Waals surface area contributed by atoms with Crippen LogP contribution in [0.15, 0.2) is 23.8 Å². The fraction of sp³-hybridized carbons (Fsp3) is 0.455. The zero-order valence-electron chi connectivity index (χ0n) is 8.51. The summed E-state index contributed by atoms with van der Waals surface area (Å²) in [6, 6.07) is 0. The van der Waals surface area contributed by atoms with Gasteiger partial charge in [0.05, 0.1) is 6.10 Å². The van der Waals surface area contributed by atoms with E-state index in [0.29, 0.717) is 12.8 Å². The maximum Gasteiger partial charge on any atom is 0.314 e. The first-order chi connectivity index (χ1) is 7.07. The molecule has 0 amide bonds. The van der Waals surface area contributed by atoms with Gasteiger partial charge >= 0.3 is 5.97 Å². The molecule has 0 heterocycles. The standard InChI is InChI=1S/C11H14O4/c1-2-4-8(12)7-5-3-6-9(13)10(7)11(14)15/h3,5-6,9-10,13H,2,4H2,1H3,(H,14,15). The second-order valence-electron chi connectivity index (χ2n) is 3.49. The number of ketones is 1. The maximum atomic E-state index is 11.6. The summed E-state index contributed by atoms with van der Waals surface area (Å²) in [6.07, 6.45) is 4.25. The van der Waals surface area contributed by atoms with E-state index in [1.165, 1.54) is 18.2 Å². The summed E-state index contributed by atoms with van der Waals surface area (Å²) in [5.74, 6) is -2.48. The van der Waals surface area contributed by atoms with Crippen molar-refractivity contribution in [2.45, 2.75) is 25.9 Å². The summed E-state index contributed by atoms with van der Waals surface area (Å²) >= 11 is 0. The van der Waals surface area contributed by atoms with E-state index in [4.69, 9.17) is 5.11 Å². The molecule has 0 saturated carbocycles. The quantitative estimate of drug-likeness (QED) is 0.723. The number of carboxylic acid groups (broad SMARTS) is 1. The molecule has 2 unspecified atom stereocenters. The number of aliphatic hydroxyl groups is 1. The number of allylic oxidation sites excluding steroid dienone is 2. The van der Waals surface area contributed by atoms with Crippen LogP contribution < -0.4 is 0 Å². The minimum Gasteiger partial charge on any atom is -0.481 e. The van der Waals surface area contributed by atoms with Gasteiger partial charge in [-0.3, -0.25) is 9.59 Å². The Kier molecular flexibility index (Phi) is 3.80. The van der Waals surface area contributed by atoms with Crippen LogP contribution in [-0.4, -0.2) is 28.1 Å². The van der Waals surface area contributed by atoms with Gasteiger partial charge in [0.2, 0.25) is 0 Å². The van der Waals surface area contributed by atoms with E-state index in [1.807, 2.05) is 6.92 Å². The molecule has 0 aromatic heterocycles. The number of carbonyl (C=O) groups is 2. The zero-order valence-corrected chi connectivity index (χ0v) is 8.51. The predicted molar refractivity (Wildman–Crippen MR) is 54.3 cm³/mol. The topological polar surface area (TPSA) is 74.6 Å². The van der Waals surface area contributed by atoms with Crippen LogP contribution in [0.1, 0.15) is 19.8 Å². The van der Waals surface area contributed by atoms with Crippen molar-refractivity contribution >= 4 is 11.8 Å². The molecule has 15 heavy (non-hydrogen) atoms. The van der Waals surface area contributed by atoms with E-state index in [0.717, 1.165) is 0 Å². The average Bonchev–Trinajstić information content (AvgIpc) is 2.17. The van der Waals surface area contributed by atoms with Crippen LogP contribution in [-0.2, 0) is 9.59 Å². The number of hydrogen-bond acceptors (Lipinski definition) is 3. The molecule has 82 valence electrons. The summed E-state index contributed by atoms with van der Waals surface area (Å²) < 4.78 is 0. The molecule has 1 aliphatic rings. The highest BCUT2D eigenvalue weighted by Gasteiger charge is 2.33. The van der Waals surface area contributed by atoms with Crippen molar-refractivity contribution in [2.24, 2.45) is 5.92 Å². The summed E-state index contributed by atoms with van der Waals surface area (Å²) in [7, 11) is 0. The molecule has 0 fully saturated rings. The second-order valence-corrected chi connectivity index (χ2v) is 3.49. The zero-order chi connectivity index (χ0) is 11.4. The molecule has 1 rings (SSSR count). The Morgan fingerprint density at radius 2 is 2.13 bits per heavy atom. The molecule has 2 N–H and O–H groups in total. The van der Waals surface area contributed by atoms with Gasteiger partial charge in [-0.2, -0.15) is 0 Å². The van der Waals surface area contributed by atoms with Crippen molar-refractivity contribution in [1.82, 2.24) is 0 Å². The van der Waals surface area contributed by atoms with Gasteiger partial charge in [0.25, 0.3) is 0 Å². The van der Waals surface area contributed by atoms with Crippen molar-refractivity contribution in [3.8, 4) is 0 Å². The Morgan fingerprint density at radius 3 is 2.67 bits per heavy atom. The van der Waals surface area contributed by atoms with Crippen LogP contribution in [0.25, 0.3) is 0 Å². The first kappa shape index (κ1) is 11.7. The van der Waals surface area contributed by atoms with Gasteiger partial charge in [0, 0.05) is 12.0 Å². The third-order valence-corrected chi connectivity index (χ3v) is 2.33. The molecule has 4 nitrogen and oxygen atoms in total. The van der Waals surface area contributed by atoms with Crippen LogP contribution >= 0.6 is 0 Å². The van der Waals surface area contributed by atoms with E-state index in [9.17, 15) is 14.7 Å². The third kappa shape index (κ3) is 2.53. The number of Topliss-reactive ketones (excluding diaryl/α,β-unsaturated/α-hetero) is 1. The number of hydrogen-bond donors (Lipinski definition) is 2. The molecule has 0 aromatic rings. The van der Waals surface area contributed by atoms with E-state index in [2.05, 4.69) is 0 Å². The highest BCUT2D eigenvalue weighted by molar-refractivity contribution is 6.01. The molecule has 4 heteroatoms. The van der Waals surface area contributed by atoms with E-state index in [1.54, 1.807) is 0 Å². The Balaban J connectivity index is 2.92. The van der Waals surface area contributed by atoms with Crippen LogP contribution in [0.3, 0.4) is 0 Å². The number of rotatable bonds is 4. The number of aliphatic hydroxyl groups excluding tert-OH is 1. The largest absolute Gasteiger partial charge is 0.481 e. The fourth-order valence-electron chi connectivity index (χ4n) is 1.59. The first-order valence-electron chi connectivity index (χ1n) is 4.90. The Labute approximate surface area is 87.9 Å². The minimum absolute atomic E-state index is 0.194. The summed E-state index contributed by atoms with van der Waals surface area (Å²) in [5.41, 5.74) is 0.194. The molecule has 0 aliphatic heterocycles. The maximum absolute atomic E-state index is 11.6. The lowest BCUT2D eigenvalue weighted by atomic mass is 9.85. The number of aliphatic carboxylic acids is 1. The lowest BCUT2D eigenvalue weighted by molar-refractivity contribution is -0.144. The molecular formula is C11H14O4. The molecule has 0 spiro atoms. The summed E-state index contributed by atoms with van der Waals surface area (Å²) in [5, 5.41) is 18.4. The average molecular weight is 210 g/mol. The van der Waals surface area contributed by atoms with Crippen LogP contribution in [0.4, 0.5) is 0 Å². The SMILES string of the molecule is CCCC(=O)C1=CC=CC(O)C1C(=O)O. The van der Waals surface area contributed by atoms with Crippen molar-refractivity contribution in [3.05, 3.63) is 23.8 Å². The van der Waals surface area contributed by atoms with Gasteiger partial charge in [-0.1, -0.05) is 25.2 Å².